The third-order valence-corrected chi connectivity index (χ3v) is 4.92. The summed E-state index contributed by atoms with van der Waals surface area (Å²) in [7, 11) is 2.04. The van der Waals surface area contributed by atoms with Gasteiger partial charge in [-0.3, -0.25) is 16.1 Å². The highest BCUT2D eigenvalue weighted by Gasteiger charge is 2.13. The van der Waals surface area contributed by atoms with E-state index in [2.05, 4.69) is 40.5 Å². The SMILES string of the molecule is CSN(C)c1cccc(-c2c(C)[nH]c3ccc(C(=N)NO)cc23)c1. The predicted molar refractivity (Wildman–Crippen MR) is 102 cm³/mol. The number of anilines is 1. The zero-order valence-electron chi connectivity index (χ0n) is 13.8. The molecule has 0 aliphatic carbocycles. The maximum absolute atomic E-state index is 8.99. The van der Waals surface area contributed by atoms with Crippen LogP contribution in [0.5, 0.6) is 0 Å². The van der Waals surface area contributed by atoms with Crippen molar-refractivity contribution in [2.24, 2.45) is 0 Å². The molecular formula is C18H20N4OS. The quantitative estimate of drug-likeness (QED) is 0.249. The number of aryl methyl sites for hydroxylation is 1. The van der Waals surface area contributed by atoms with Crippen molar-refractivity contribution in [1.82, 2.24) is 10.5 Å². The van der Waals surface area contributed by atoms with E-state index in [0.29, 0.717) is 5.56 Å². The van der Waals surface area contributed by atoms with Crippen LogP contribution in [-0.2, 0) is 0 Å². The van der Waals surface area contributed by atoms with Crippen LogP contribution in [-0.4, -0.2) is 29.3 Å². The summed E-state index contributed by atoms with van der Waals surface area (Å²) >= 11 is 1.66. The van der Waals surface area contributed by atoms with Crippen LogP contribution < -0.4 is 9.79 Å². The Labute approximate surface area is 145 Å². The fourth-order valence-electron chi connectivity index (χ4n) is 2.88. The van der Waals surface area contributed by atoms with Crippen LogP contribution in [0.2, 0.25) is 0 Å². The molecule has 24 heavy (non-hydrogen) atoms. The maximum atomic E-state index is 8.99. The number of aromatic nitrogens is 1. The first-order valence-electron chi connectivity index (χ1n) is 7.54. The number of hydroxylamine groups is 1. The van der Waals surface area contributed by atoms with Gasteiger partial charge in [-0.1, -0.05) is 24.1 Å². The first kappa shape index (κ1) is 16.4. The third kappa shape index (κ3) is 2.86. The molecule has 0 radical (unpaired) electrons. The smallest absolute Gasteiger partial charge is 0.149 e. The van der Waals surface area contributed by atoms with E-state index in [1.54, 1.807) is 11.9 Å². The molecule has 1 aromatic heterocycles. The van der Waals surface area contributed by atoms with Gasteiger partial charge in [-0.15, -0.1) is 0 Å². The number of amidine groups is 1. The van der Waals surface area contributed by atoms with Gasteiger partial charge in [0.05, 0.1) is 0 Å². The zero-order chi connectivity index (χ0) is 17.3. The van der Waals surface area contributed by atoms with Gasteiger partial charge in [-0.25, -0.2) is 0 Å². The van der Waals surface area contributed by atoms with Crippen LogP contribution in [0.25, 0.3) is 22.0 Å². The standard InChI is InChI=1S/C18H20N4OS/c1-11-17(12-5-4-6-14(9-12)22(2)24-3)15-10-13(18(19)21-23)7-8-16(15)20-11/h4-10,20,23H,1-3H3,(H2,19,21). The summed E-state index contributed by atoms with van der Waals surface area (Å²) in [5, 5.41) is 17.8. The van der Waals surface area contributed by atoms with Crippen molar-refractivity contribution < 1.29 is 5.21 Å². The molecule has 1 heterocycles. The van der Waals surface area contributed by atoms with Crippen LogP contribution in [0.1, 0.15) is 11.3 Å². The minimum absolute atomic E-state index is 0.0161. The van der Waals surface area contributed by atoms with E-state index in [0.717, 1.165) is 33.4 Å². The number of hydrogen-bond acceptors (Lipinski definition) is 4. The Hall–Kier alpha value is -2.44. The number of nitrogens with zero attached hydrogens (tertiary/aromatic N) is 1. The lowest BCUT2D eigenvalue weighted by Crippen LogP contribution is -2.18. The van der Waals surface area contributed by atoms with Crippen LogP contribution in [0.4, 0.5) is 5.69 Å². The largest absolute Gasteiger partial charge is 0.358 e. The lowest BCUT2D eigenvalue weighted by atomic mass is 10.00. The Kier molecular flexibility index (Phi) is 4.51. The first-order valence-corrected chi connectivity index (χ1v) is 8.73. The summed E-state index contributed by atoms with van der Waals surface area (Å²) in [4.78, 5) is 3.40. The molecule has 4 N–H and O–H groups in total. The van der Waals surface area contributed by atoms with Gasteiger partial charge in [0.2, 0.25) is 0 Å². The third-order valence-electron chi connectivity index (χ3n) is 4.16. The van der Waals surface area contributed by atoms with Crippen molar-refractivity contribution in [1.29, 1.82) is 5.41 Å². The first-order chi connectivity index (χ1) is 11.5. The second-order valence-corrected chi connectivity index (χ2v) is 6.52. The van der Waals surface area contributed by atoms with E-state index in [-0.39, 0.29) is 5.84 Å². The van der Waals surface area contributed by atoms with Gasteiger partial charge in [0.25, 0.3) is 0 Å². The van der Waals surface area contributed by atoms with Gasteiger partial charge in [0.15, 0.2) is 0 Å². The molecule has 0 saturated carbocycles. The van der Waals surface area contributed by atoms with Crippen LogP contribution >= 0.6 is 11.9 Å². The molecule has 124 valence electrons. The molecule has 0 aliphatic heterocycles. The van der Waals surface area contributed by atoms with Crippen LogP contribution in [0.15, 0.2) is 42.5 Å². The molecule has 2 aromatic carbocycles. The molecule has 6 heteroatoms. The Bertz CT molecular complexity index is 903. The molecule has 0 spiro atoms. The number of hydrogen-bond donors (Lipinski definition) is 4. The molecule has 0 atom stereocenters. The number of fused-ring (bicyclic) bond motifs is 1. The van der Waals surface area contributed by atoms with Crippen LogP contribution in [0.3, 0.4) is 0 Å². The summed E-state index contributed by atoms with van der Waals surface area (Å²) in [5.41, 5.74) is 8.02. The Balaban J connectivity index is 2.18. The summed E-state index contributed by atoms with van der Waals surface area (Å²) in [5.74, 6) is -0.0161. The average Bonchev–Trinajstić information content (AvgIpc) is 2.95. The van der Waals surface area contributed by atoms with Crippen molar-refractivity contribution in [3.8, 4) is 11.1 Å². The molecule has 0 saturated heterocycles. The number of aromatic amines is 1. The highest BCUT2D eigenvalue weighted by atomic mass is 32.2. The molecule has 0 unspecified atom stereocenters. The zero-order valence-corrected chi connectivity index (χ0v) is 14.7. The van der Waals surface area contributed by atoms with Gasteiger partial charge in [-0.2, -0.15) is 0 Å². The monoisotopic (exact) mass is 340 g/mol. The highest BCUT2D eigenvalue weighted by Crippen LogP contribution is 2.35. The summed E-state index contributed by atoms with van der Waals surface area (Å²) in [6, 6.07) is 14.1. The number of benzene rings is 2. The molecular weight excluding hydrogens is 320 g/mol. The van der Waals surface area contributed by atoms with Gasteiger partial charge in [0.1, 0.15) is 5.84 Å². The topological polar surface area (TPSA) is 75.1 Å². The van der Waals surface area contributed by atoms with Gasteiger partial charge < -0.3 is 9.29 Å². The Morgan fingerprint density at radius 2 is 2.04 bits per heavy atom. The van der Waals surface area contributed by atoms with E-state index >= 15 is 0 Å². The second kappa shape index (κ2) is 6.59. The predicted octanol–water partition coefficient (Wildman–Crippen LogP) is 4.16. The van der Waals surface area contributed by atoms with E-state index < -0.39 is 0 Å². The van der Waals surface area contributed by atoms with Crippen molar-refractivity contribution in [3.63, 3.8) is 0 Å². The van der Waals surface area contributed by atoms with Gasteiger partial charge in [-0.05, 0) is 42.8 Å². The molecule has 3 aromatic rings. The average molecular weight is 340 g/mol. The lowest BCUT2D eigenvalue weighted by molar-refractivity contribution is 0.234. The minimum atomic E-state index is -0.0161. The lowest BCUT2D eigenvalue weighted by Gasteiger charge is -2.16. The van der Waals surface area contributed by atoms with E-state index in [9.17, 15) is 0 Å². The Morgan fingerprint density at radius 1 is 1.25 bits per heavy atom. The molecule has 0 bridgehead atoms. The van der Waals surface area contributed by atoms with Crippen molar-refractivity contribution in [2.45, 2.75) is 6.92 Å². The summed E-state index contributed by atoms with van der Waals surface area (Å²) in [6.07, 6.45) is 2.05. The second-order valence-electron chi connectivity index (χ2n) is 5.60. The fourth-order valence-corrected chi connectivity index (χ4v) is 3.21. The van der Waals surface area contributed by atoms with E-state index in [4.69, 9.17) is 10.6 Å². The van der Waals surface area contributed by atoms with Gasteiger partial charge in [0, 0.05) is 46.7 Å². The molecule has 0 aliphatic rings. The number of rotatable bonds is 4. The molecule has 5 nitrogen and oxygen atoms in total. The van der Waals surface area contributed by atoms with Crippen molar-refractivity contribution in [3.05, 3.63) is 53.7 Å². The number of H-pyrrole nitrogens is 1. The van der Waals surface area contributed by atoms with Crippen molar-refractivity contribution in [2.75, 3.05) is 17.6 Å². The minimum Gasteiger partial charge on any atom is -0.358 e. The number of nitrogens with one attached hydrogen (secondary N) is 3. The van der Waals surface area contributed by atoms with E-state index in [1.807, 2.05) is 37.0 Å². The van der Waals surface area contributed by atoms with E-state index in [1.165, 1.54) is 0 Å². The van der Waals surface area contributed by atoms with Crippen LogP contribution in [0, 0.1) is 12.3 Å². The molecule has 3 rings (SSSR count). The summed E-state index contributed by atoms with van der Waals surface area (Å²) < 4.78 is 2.12. The molecule has 0 fully saturated rings. The molecule has 0 amide bonds. The van der Waals surface area contributed by atoms with Gasteiger partial charge >= 0.3 is 0 Å². The normalized spacial score (nSPS) is 10.8. The highest BCUT2D eigenvalue weighted by molar-refractivity contribution is 7.99. The fraction of sp³-hybridized carbons (Fsp3) is 0.167. The maximum Gasteiger partial charge on any atom is 0.149 e. The Morgan fingerprint density at radius 3 is 2.75 bits per heavy atom. The summed E-state index contributed by atoms with van der Waals surface area (Å²) in [6.45, 7) is 2.05. The van der Waals surface area contributed by atoms with Crippen molar-refractivity contribution >= 4 is 34.4 Å².